The van der Waals surface area contributed by atoms with Crippen LogP contribution >= 0.6 is 0 Å². The van der Waals surface area contributed by atoms with Crippen molar-refractivity contribution in [2.45, 2.75) is 64.6 Å². The van der Waals surface area contributed by atoms with Gasteiger partial charge in [-0.2, -0.15) is 18.3 Å². The van der Waals surface area contributed by atoms with E-state index < -0.39 is 53.0 Å². The van der Waals surface area contributed by atoms with Gasteiger partial charge >= 0.3 is 6.18 Å². The van der Waals surface area contributed by atoms with Gasteiger partial charge < -0.3 is 11.1 Å². The number of amidine groups is 1. The van der Waals surface area contributed by atoms with Gasteiger partial charge in [0.1, 0.15) is 29.3 Å². The Morgan fingerprint density at radius 1 is 1.14 bits per heavy atom. The fourth-order valence-corrected chi connectivity index (χ4v) is 4.56. The number of carbonyl (C=O) groups is 1. The first-order valence-electron chi connectivity index (χ1n) is 13.5. The number of nitrogens with two attached hydrogens (primary N) is 1. The molecule has 0 aliphatic rings. The van der Waals surface area contributed by atoms with Crippen molar-refractivity contribution < 1.29 is 31.1 Å². The summed E-state index contributed by atoms with van der Waals surface area (Å²) in [7, 11) is 0. The smallest absolute Gasteiger partial charge is 0.384 e. The summed E-state index contributed by atoms with van der Waals surface area (Å²) in [5, 5.41) is 14.0. The third kappa shape index (κ3) is 8.55. The number of nitrogens with zero attached hydrogens (tertiary/aromatic N) is 3. The fraction of sp³-hybridized carbons (Fsp3) is 0.333. The summed E-state index contributed by atoms with van der Waals surface area (Å²) >= 11 is 0. The molecule has 0 radical (unpaired) electrons. The first-order valence-corrected chi connectivity index (χ1v) is 13.5. The molecule has 13 heteroatoms. The highest BCUT2D eigenvalue weighted by atomic mass is 19.4. The number of benzene rings is 2. The standard InChI is InChI=1S/C30H32F6N6O/c1-4-6-7-25(42-11-10-26(41-42)30(34,35)36)29(43)40-24(14-18-12-20(31)16-21(32)13-18)27(39-5-2)17(3)19-8-9-23(33)22(15-19)28(37)38/h5,8-13,15-17,25H,4,6-7,14H2,1-3H3,(H3,37,38)(H,40,43)/b27-24-,39-5?. The molecule has 1 amide bonds. The number of halogens is 6. The molecule has 0 saturated heterocycles. The maximum absolute atomic E-state index is 14.3. The molecular formula is C30H32F6N6O. The Bertz CT molecular complexity index is 1510. The van der Waals surface area contributed by atoms with Gasteiger partial charge in [0.05, 0.1) is 11.3 Å². The highest BCUT2D eigenvalue weighted by Gasteiger charge is 2.35. The lowest BCUT2D eigenvalue weighted by Gasteiger charge is -2.23. The van der Waals surface area contributed by atoms with Crippen LogP contribution in [0.25, 0.3) is 0 Å². The van der Waals surface area contributed by atoms with Gasteiger partial charge in [0.15, 0.2) is 5.69 Å². The normalized spacial score (nSPS) is 14.0. The molecule has 0 spiro atoms. The average Bonchev–Trinajstić information content (AvgIpc) is 3.41. The molecule has 0 fully saturated rings. The summed E-state index contributed by atoms with van der Waals surface area (Å²) in [5.74, 6) is -4.30. The molecule has 2 atom stereocenters. The molecule has 43 heavy (non-hydrogen) atoms. The van der Waals surface area contributed by atoms with Crippen molar-refractivity contribution in [3.63, 3.8) is 0 Å². The van der Waals surface area contributed by atoms with E-state index in [1.807, 2.05) is 6.92 Å². The number of carbonyl (C=O) groups excluding carboxylic acids is 1. The number of alkyl halides is 3. The highest BCUT2D eigenvalue weighted by Crippen LogP contribution is 2.31. The zero-order valence-electron chi connectivity index (χ0n) is 23.8. The van der Waals surface area contributed by atoms with E-state index in [-0.39, 0.29) is 35.4 Å². The molecule has 2 unspecified atom stereocenters. The first-order chi connectivity index (χ1) is 20.2. The summed E-state index contributed by atoms with van der Waals surface area (Å²) in [5.41, 5.74) is 5.17. The Balaban J connectivity index is 2.15. The van der Waals surface area contributed by atoms with E-state index in [0.29, 0.717) is 24.5 Å². The Labute approximate surface area is 245 Å². The third-order valence-corrected chi connectivity index (χ3v) is 6.70. The third-order valence-electron chi connectivity index (χ3n) is 6.70. The van der Waals surface area contributed by atoms with Crippen LogP contribution in [-0.2, 0) is 17.4 Å². The Hall–Kier alpha value is -4.42. The van der Waals surface area contributed by atoms with E-state index in [1.165, 1.54) is 18.3 Å². The molecule has 0 aliphatic carbocycles. The average molecular weight is 607 g/mol. The lowest BCUT2D eigenvalue weighted by Crippen LogP contribution is -2.34. The van der Waals surface area contributed by atoms with Gasteiger partial charge in [0, 0.05) is 36.5 Å². The van der Waals surface area contributed by atoms with E-state index in [4.69, 9.17) is 11.1 Å². The number of nitrogens with one attached hydrogen (secondary N) is 2. The van der Waals surface area contributed by atoms with Gasteiger partial charge in [-0.15, -0.1) is 0 Å². The summed E-state index contributed by atoms with van der Waals surface area (Å²) < 4.78 is 83.3. The molecule has 2 aromatic carbocycles. The molecule has 3 rings (SSSR count). The Morgan fingerprint density at radius 3 is 2.37 bits per heavy atom. The van der Waals surface area contributed by atoms with Gasteiger partial charge in [-0.25, -0.2) is 13.2 Å². The van der Waals surface area contributed by atoms with Crippen LogP contribution in [0, 0.1) is 22.9 Å². The van der Waals surface area contributed by atoms with Gasteiger partial charge in [0.25, 0.3) is 0 Å². The van der Waals surface area contributed by atoms with E-state index in [1.54, 1.807) is 13.8 Å². The second-order valence-corrected chi connectivity index (χ2v) is 9.91. The maximum atomic E-state index is 14.3. The molecular weight excluding hydrogens is 574 g/mol. The molecule has 0 aliphatic heterocycles. The number of unbranched alkanes of at least 4 members (excludes halogenated alkanes) is 1. The fourth-order valence-electron chi connectivity index (χ4n) is 4.56. The number of rotatable bonds is 12. The summed E-state index contributed by atoms with van der Waals surface area (Å²) in [6.45, 7) is 5.15. The minimum absolute atomic E-state index is 0.110. The molecule has 4 N–H and O–H groups in total. The minimum atomic E-state index is -4.71. The predicted molar refractivity (Wildman–Crippen MR) is 151 cm³/mol. The van der Waals surface area contributed by atoms with Crippen LogP contribution in [0.2, 0.25) is 0 Å². The number of aromatic nitrogens is 2. The Morgan fingerprint density at radius 2 is 1.81 bits per heavy atom. The highest BCUT2D eigenvalue weighted by molar-refractivity contribution is 5.95. The number of allylic oxidation sites excluding steroid dienone is 2. The largest absolute Gasteiger partial charge is 0.435 e. The number of hydrogen-bond donors (Lipinski definition) is 3. The second kappa shape index (κ2) is 14.2. The van der Waals surface area contributed by atoms with Crippen LogP contribution in [0.4, 0.5) is 26.3 Å². The van der Waals surface area contributed by atoms with Gasteiger partial charge in [-0.3, -0.25) is 19.9 Å². The molecule has 0 bridgehead atoms. The van der Waals surface area contributed by atoms with Crippen molar-refractivity contribution in [1.29, 1.82) is 5.41 Å². The van der Waals surface area contributed by atoms with E-state index in [2.05, 4.69) is 15.4 Å². The molecule has 1 aromatic heterocycles. The quantitative estimate of drug-likeness (QED) is 0.120. The van der Waals surface area contributed by atoms with Gasteiger partial charge in [0.2, 0.25) is 5.91 Å². The van der Waals surface area contributed by atoms with E-state index in [0.717, 1.165) is 35.1 Å². The van der Waals surface area contributed by atoms with Crippen LogP contribution in [0.3, 0.4) is 0 Å². The summed E-state index contributed by atoms with van der Waals surface area (Å²) in [6, 6.07) is 6.42. The molecule has 0 saturated carbocycles. The van der Waals surface area contributed by atoms with Crippen LogP contribution in [0.15, 0.2) is 65.0 Å². The molecule has 3 aromatic rings. The molecule has 230 valence electrons. The van der Waals surface area contributed by atoms with Crippen molar-refractivity contribution in [2.75, 3.05) is 0 Å². The minimum Gasteiger partial charge on any atom is -0.384 e. The SMILES string of the molecule is CC=N/C(=C(/Cc1cc(F)cc(F)c1)NC(=O)C(CCCC)n1ccc(C(F)(F)F)n1)C(C)c1ccc(F)c(C(=N)N)c1. The van der Waals surface area contributed by atoms with Crippen molar-refractivity contribution in [1.82, 2.24) is 15.1 Å². The number of amides is 1. The lowest BCUT2D eigenvalue weighted by molar-refractivity contribution is -0.142. The molecule has 7 nitrogen and oxygen atoms in total. The molecule has 1 heterocycles. The number of hydrogen-bond acceptors (Lipinski definition) is 4. The van der Waals surface area contributed by atoms with Crippen molar-refractivity contribution in [3.05, 3.63) is 99.9 Å². The zero-order chi connectivity index (χ0) is 31.9. The van der Waals surface area contributed by atoms with Crippen LogP contribution < -0.4 is 11.1 Å². The van der Waals surface area contributed by atoms with E-state index >= 15 is 0 Å². The van der Waals surface area contributed by atoms with Crippen LogP contribution in [0.5, 0.6) is 0 Å². The Kier molecular flexibility index (Phi) is 10.9. The van der Waals surface area contributed by atoms with Gasteiger partial charge in [-0.05, 0) is 54.8 Å². The zero-order valence-corrected chi connectivity index (χ0v) is 23.8. The summed E-state index contributed by atoms with van der Waals surface area (Å²) in [6.07, 6.45) is -1.13. The van der Waals surface area contributed by atoms with Crippen LogP contribution in [-0.4, -0.2) is 27.7 Å². The monoisotopic (exact) mass is 606 g/mol. The number of nitrogen functional groups attached to an aromatic ring is 1. The first kappa shape index (κ1) is 33.1. The lowest BCUT2D eigenvalue weighted by atomic mass is 9.92. The summed E-state index contributed by atoms with van der Waals surface area (Å²) in [4.78, 5) is 18.1. The predicted octanol–water partition coefficient (Wildman–Crippen LogP) is 6.80. The van der Waals surface area contributed by atoms with E-state index in [9.17, 15) is 31.1 Å². The van der Waals surface area contributed by atoms with Crippen LogP contribution in [0.1, 0.15) is 74.4 Å². The maximum Gasteiger partial charge on any atom is 0.435 e. The topological polar surface area (TPSA) is 109 Å². The second-order valence-electron chi connectivity index (χ2n) is 9.91. The van der Waals surface area contributed by atoms with Gasteiger partial charge in [-0.1, -0.05) is 32.8 Å². The van der Waals surface area contributed by atoms with Crippen molar-refractivity contribution >= 4 is 18.0 Å². The van der Waals surface area contributed by atoms with Crippen molar-refractivity contribution in [3.8, 4) is 0 Å². The number of aliphatic imine (C=N–C) groups is 1. The van der Waals surface area contributed by atoms with Crippen molar-refractivity contribution in [2.24, 2.45) is 10.7 Å².